The molecular formula is C20H19F4NO5S. The molecule has 2 aromatic rings. The third-order valence-corrected chi connectivity index (χ3v) is 5.38. The van der Waals surface area contributed by atoms with Gasteiger partial charge in [-0.05, 0) is 36.9 Å². The smallest absolute Gasteiger partial charge is 0.494 e. The molecule has 0 aromatic heterocycles. The van der Waals surface area contributed by atoms with Crippen molar-refractivity contribution in [2.24, 2.45) is 0 Å². The lowest BCUT2D eigenvalue weighted by Crippen LogP contribution is -2.34. The van der Waals surface area contributed by atoms with Gasteiger partial charge >= 0.3 is 15.6 Å². The van der Waals surface area contributed by atoms with Gasteiger partial charge < -0.3 is 13.7 Å². The van der Waals surface area contributed by atoms with Gasteiger partial charge in [0.25, 0.3) is 0 Å². The van der Waals surface area contributed by atoms with E-state index in [4.69, 9.17) is 9.47 Å². The number of methoxy groups -OCH3 is 1. The largest absolute Gasteiger partial charge is 0.534 e. The van der Waals surface area contributed by atoms with E-state index in [2.05, 4.69) is 4.18 Å². The van der Waals surface area contributed by atoms with Crippen LogP contribution in [0.15, 0.2) is 48.5 Å². The van der Waals surface area contributed by atoms with Crippen molar-refractivity contribution in [1.29, 1.82) is 0 Å². The summed E-state index contributed by atoms with van der Waals surface area (Å²) < 4.78 is 90.1. The van der Waals surface area contributed by atoms with Crippen LogP contribution in [0.5, 0.6) is 11.5 Å². The van der Waals surface area contributed by atoms with Crippen molar-refractivity contribution in [3.63, 3.8) is 0 Å². The van der Waals surface area contributed by atoms with Crippen molar-refractivity contribution < 1.29 is 39.6 Å². The third-order valence-electron chi connectivity index (χ3n) is 4.41. The molecule has 0 aliphatic carbocycles. The minimum Gasteiger partial charge on any atom is -0.494 e. The molecule has 1 aliphatic rings. The minimum atomic E-state index is -5.84. The number of rotatable bonds is 7. The molecule has 1 heterocycles. The topological polar surface area (TPSA) is 65.1 Å². The predicted molar refractivity (Wildman–Crippen MR) is 104 cm³/mol. The number of benzene rings is 2. The zero-order valence-corrected chi connectivity index (χ0v) is 17.3. The van der Waals surface area contributed by atoms with E-state index in [9.17, 15) is 26.0 Å². The van der Waals surface area contributed by atoms with Gasteiger partial charge in [0.15, 0.2) is 17.3 Å². The van der Waals surface area contributed by atoms with Crippen molar-refractivity contribution in [1.82, 2.24) is 4.90 Å². The van der Waals surface area contributed by atoms with Crippen molar-refractivity contribution in [3.05, 3.63) is 65.5 Å². The van der Waals surface area contributed by atoms with Crippen molar-refractivity contribution >= 4 is 15.9 Å². The summed E-state index contributed by atoms with van der Waals surface area (Å²) in [4.78, 5) is 1.78. The molecule has 6 nitrogen and oxygen atoms in total. The molecule has 2 aromatic carbocycles. The molecule has 11 heteroatoms. The number of hydrogen-bond acceptors (Lipinski definition) is 6. The monoisotopic (exact) mass is 461 g/mol. The Kier molecular flexibility index (Phi) is 6.46. The molecule has 0 bridgehead atoms. The number of ether oxygens (including phenoxy) is 2. The average molecular weight is 461 g/mol. The molecule has 0 N–H and O–H groups in total. The standard InChI is InChI=1S/C20H19F4NO5S/c1-25(11-13-7-8-16(21)19(9-13)28-2)12-14-10-18(30-31(26,27)20(22,23)24)15-5-3-4-6-17(15)29-14/h3-10,14H,11-12H2,1-2H3. The highest BCUT2D eigenvalue weighted by molar-refractivity contribution is 7.87. The van der Waals surface area contributed by atoms with E-state index in [0.29, 0.717) is 6.54 Å². The fourth-order valence-corrected chi connectivity index (χ4v) is 3.52. The summed E-state index contributed by atoms with van der Waals surface area (Å²) in [5.41, 5.74) is -4.73. The Balaban J connectivity index is 1.80. The molecule has 168 valence electrons. The summed E-state index contributed by atoms with van der Waals surface area (Å²) >= 11 is 0. The van der Waals surface area contributed by atoms with Gasteiger partial charge in [-0.3, -0.25) is 4.90 Å². The number of alkyl halides is 3. The molecular weight excluding hydrogens is 442 g/mol. The molecule has 0 fully saturated rings. The fourth-order valence-electron chi connectivity index (χ4n) is 3.04. The number of likely N-dealkylation sites (N-methyl/N-ethyl adjacent to an activating group) is 1. The molecule has 0 saturated carbocycles. The SMILES string of the molecule is COc1cc(CN(C)CC2C=C(OS(=O)(=O)C(F)(F)F)c3ccccc3O2)ccc1F. The first-order valence-electron chi connectivity index (χ1n) is 9.00. The first kappa shape index (κ1) is 22.9. The van der Waals surface area contributed by atoms with Crippen LogP contribution in [0.1, 0.15) is 11.1 Å². The number of hydrogen-bond donors (Lipinski definition) is 0. The average Bonchev–Trinajstić information content (AvgIpc) is 2.68. The second-order valence-electron chi connectivity index (χ2n) is 6.83. The van der Waals surface area contributed by atoms with Gasteiger partial charge in [-0.2, -0.15) is 21.6 Å². The van der Waals surface area contributed by atoms with Crippen LogP contribution in [0.4, 0.5) is 17.6 Å². The first-order valence-corrected chi connectivity index (χ1v) is 10.4. The molecule has 1 atom stereocenters. The Morgan fingerprint density at radius 2 is 1.87 bits per heavy atom. The highest BCUT2D eigenvalue weighted by atomic mass is 32.2. The summed E-state index contributed by atoms with van der Waals surface area (Å²) in [6.07, 6.45) is 0.397. The molecule has 1 unspecified atom stereocenters. The number of fused-ring (bicyclic) bond motifs is 1. The highest BCUT2D eigenvalue weighted by Crippen LogP contribution is 2.36. The van der Waals surface area contributed by atoms with E-state index >= 15 is 0 Å². The van der Waals surface area contributed by atoms with Crippen LogP contribution in [0.2, 0.25) is 0 Å². The molecule has 0 amide bonds. The minimum absolute atomic E-state index is 0.0849. The molecule has 3 rings (SSSR count). The summed E-state index contributed by atoms with van der Waals surface area (Å²) in [5, 5.41) is 0. The van der Waals surface area contributed by atoms with Crippen molar-refractivity contribution in [2.45, 2.75) is 18.2 Å². The summed E-state index contributed by atoms with van der Waals surface area (Å²) in [7, 11) is -2.77. The Morgan fingerprint density at radius 1 is 1.16 bits per heavy atom. The van der Waals surface area contributed by atoms with Crippen LogP contribution in [0.25, 0.3) is 5.76 Å². The normalized spacial score (nSPS) is 16.4. The lowest BCUT2D eigenvalue weighted by Gasteiger charge is -2.28. The quantitative estimate of drug-likeness (QED) is 0.354. The second-order valence-corrected chi connectivity index (χ2v) is 8.37. The first-order chi connectivity index (χ1) is 14.5. The molecule has 1 aliphatic heterocycles. The van der Waals surface area contributed by atoms with Gasteiger partial charge in [-0.15, -0.1) is 0 Å². The Labute approximate surface area is 176 Å². The van der Waals surface area contributed by atoms with Gasteiger partial charge in [-0.1, -0.05) is 18.2 Å². The highest BCUT2D eigenvalue weighted by Gasteiger charge is 2.49. The van der Waals surface area contributed by atoms with Crippen LogP contribution in [0, 0.1) is 5.82 Å². The van der Waals surface area contributed by atoms with E-state index in [1.54, 1.807) is 24.1 Å². The third kappa shape index (κ3) is 5.28. The Bertz CT molecular complexity index is 1090. The number of halogens is 4. The zero-order chi connectivity index (χ0) is 22.8. The van der Waals surface area contributed by atoms with Crippen LogP contribution >= 0.6 is 0 Å². The van der Waals surface area contributed by atoms with E-state index in [0.717, 1.165) is 5.56 Å². The van der Waals surface area contributed by atoms with Crippen molar-refractivity contribution in [3.8, 4) is 11.5 Å². The van der Waals surface area contributed by atoms with Gasteiger partial charge in [0.2, 0.25) is 0 Å². The van der Waals surface area contributed by atoms with Gasteiger partial charge in [-0.25, -0.2) is 4.39 Å². The number of para-hydroxylation sites is 1. The summed E-state index contributed by atoms with van der Waals surface area (Å²) in [6.45, 7) is 0.538. The maximum atomic E-state index is 13.6. The van der Waals surface area contributed by atoms with Crippen LogP contribution < -0.4 is 9.47 Å². The van der Waals surface area contributed by atoms with Crippen LogP contribution in [-0.2, 0) is 20.8 Å². The summed E-state index contributed by atoms with van der Waals surface area (Å²) in [6, 6.07) is 10.4. The van der Waals surface area contributed by atoms with Crippen LogP contribution in [0.3, 0.4) is 0 Å². The van der Waals surface area contributed by atoms with Crippen LogP contribution in [-0.4, -0.2) is 45.6 Å². The molecule has 0 radical (unpaired) electrons. The maximum Gasteiger partial charge on any atom is 0.534 e. The van der Waals surface area contributed by atoms with E-state index < -0.39 is 33.3 Å². The van der Waals surface area contributed by atoms with Gasteiger partial charge in [0.1, 0.15) is 11.9 Å². The van der Waals surface area contributed by atoms with E-state index in [1.807, 2.05) is 0 Å². The maximum absolute atomic E-state index is 13.6. The predicted octanol–water partition coefficient (Wildman–Crippen LogP) is 3.93. The van der Waals surface area contributed by atoms with E-state index in [-0.39, 0.29) is 23.6 Å². The molecule has 0 spiro atoms. The second kappa shape index (κ2) is 8.75. The lowest BCUT2D eigenvalue weighted by atomic mass is 10.1. The van der Waals surface area contributed by atoms with Gasteiger partial charge in [0, 0.05) is 19.2 Å². The summed E-state index contributed by atoms with van der Waals surface area (Å²) in [5.74, 6) is -0.682. The Morgan fingerprint density at radius 3 is 2.55 bits per heavy atom. The Hall–Kier alpha value is -2.79. The number of nitrogens with zero attached hydrogens (tertiary/aromatic N) is 1. The lowest BCUT2D eigenvalue weighted by molar-refractivity contribution is -0.0510. The molecule has 31 heavy (non-hydrogen) atoms. The van der Waals surface area contributed by atoms with Gasteiger partial charge in [0.05, 0.1) is 12.7 Å². The molecule has 0 saturated heterocycles. The van der Waals surface area contributed by atoms with Crippen molar-refractivity contribution in [2.75, 3.05) is 20.7 Å². The zero-order valence-electron chi connectivity index (χ0n) is 16.5. The van der Waals surface area contributed by atoms with E-state index in [1.165, 1.54) is 43.5 Å². The fraction of sp³-hybridized carbons (Fsp3) is 0.300.